The maximum atomic E-state index is 6.05. The fourth-order valence-electron chi connectivity index (χ4n) is 2.45. The summed E-state index contributed by atoms with van der Waals surface area (Å²) in [6.07, 6.45) is 0. The van der Waals surface area contributed by atoms with Crippen molar-refractivity contribution in [3.63, 3.8) is 0 Å². The van der Waals surface area contributed by atoms with E-state index in [1.807, 2.05) is 6.92 Å². The van der Waals surface area contributed by atoms with Crippen molar-refractivity contribution in [2.45, 2.75) is 26.4 Å². The highest BCUT2D eigenvalue weighted by Crippen LogP contribution is 2.22. The van der Waals surface area contributed by atoms with Crippen LogP contribution in [0.25, 0.3) is 0 Å². The summed E-state index contributed by atoms with van der Waals surface area (Å²) in [5, 5.41) is 7.92. The van der Waals surface area contributed by atoms with E-state index in [2.05, 4.69) is 36.5 Å². The Morgan fingerprint density at radius 2 is 2.10 bits per heavy atom. The lowest BCUT2D eigenvalue weighted by atomic mass is 10.2. The van der Waals surface area contributed by atoms with Gasteiger partial charge in [-0.15, -0.1) is 5.10 Å². The Morgan fingerprint density at radius 1 is 1.33 bits per heavy atom. The van der Waals surface area contributed by atoms with E-state index in [9.17, 15) is 0 Å². The van der Waals surface area contributed by atoms with Crippen molar-refractivity contribution < 1.29 is 4.52 Å². The molecular weight excluding hydrogens is 312 g/mol. The predicted octanol–water partition coefficient (Wildman–Crippen LogP) is 1.76. The zero-order valence-electron chi connectivity index (χ0n) is 12.0. The first-order valence-corrected chi connectivity index (χ1v) is 8.02. The minimum Gasteiger partial charge on any atom is -0.338 e. The molecule has 2 aromatic rings. The van der Waals surface area contributed by atoms with Gasteiger partial charge in [-0.1, -0.05) is 21.2 Å². The van der Waals surface area contributed by atoms with E-state index in [1.54, 1.807) is 0 Å². The third kappa shape index (κ3) is 3.39. The lowest BCUT2D eigenvalue weighted by Gasteiger charge is -2.36. The summed E-state index contributed by atoms with van der Waals surface area (Å²) < 4.78 is 9.81. The number of halogens is 1. The van der Waals surface area contributed by atoms with Gasteiger partial charge in [0.15, 0.2) is 5.82 Å². The topological polar surface area (TPSA) is 71.2 Å². The van der Waals surface area contributed by atoms with Crippen molar-refractivity contribution in [1.29, 1.82) is 0 Å². The third-order valence-corrected chi connectivity index (χ3v) is 4.72. The van der Waals surface area contributed by atoms with Gasteiger partial charge in [-0.25, -0.2) is 0 Å². The van der Waals surface area contributed by atoms with Crippen LogP contribution < -0.4 is 0 Å². The summed E-state index contributed by atoms with van der Waals surface area (Å²) in [6.45, 7) is 8.54. The molecule has 0 aliphatic carbocycles. The van der Waals surface area contributed by atoms with Gasteiger partial charge in [-0.2, -0.15) is 4.98 Å². The van der Waals surface area contributed by atoms with Crippen molar-refractivity contribution >= 4 is 23.1 Å². The van der Waals surface area contributed by atoms with Crippen LogP contribution in [0.15, 0.2) is 4.52 Å². The first-order valence-electron chi connectivity index (χ1n) is 6.87. The molecule has 1 aliphatic heterocycles. The Bertz CT molecular complexity index is 594. The smallest absolute Gasteiger partial charge is 0.243 e. The molecule has 1 saturated heterocycles. The van der Waals surface area contributed by atoms with Crippen LogP contribution in [0.5, 0.6) is 0 Å². The Kier molecular flexibility index (Phi) is 4.48. The highest BCUT2D eigenvalue weighted by atomic mass is 35.5. The standard InChI is InChI=1S/C12H17ClN6OS/c1-8(12-14-9(2)16-20-12)19-5-3-18(4-6-19)7-10-11(13)21-17-15-10/h8H,3-7H2,1-2H3/t8-/m0/s1. The summed E-state index contributed by atoms with van der Waals surface area (Å²) in [6, 6.07) is 0.151. The molecule has 0 spiro atoms. The molecule has 0 aromatic carbocycles. The second-order valence-electron chi connectivity index (χ2n) is 5.16. The molecule has 1 aliphatic rings. The number of nitrogens with zero attached hydrogens (tertiary/aromatic N) is 6. The molecule has 114 valence electrons. The van der Waals surface area contributed by atoms with Crippen LogP contribution in [0, 0.1) is 6.92 Å². The van der Waals surface area contributed by atoms with E-state index in [0.717, 1.165) is 38.4 Å². The van der Waals surface area contributed by atoms with Crippen LogP contribution in [0.2, 0.25) is 4.34 Å². The predicted molar refractivity (Wildman–Crippen MR) is 79.2 cm³/mol. The van der Waals surface area contributed by atoms with Gasteiger partial charge in [0.05, 0.1) is 6.04 Å². The highest BCUT2D eigenvalue weighted by molar-refractivity contribution is 7.10. The Balaban J connectivity index is 1.54. The lowest BCUT2D eigenvalue weighted by Crippen LogP contribution is -2.46. The van der Waals surface area contributed by atoms with E-state index in [4.69, 9.17) is 16.1 Å². The molecule has 0 saturated carbocycles. The van der Waals surface area contributed by atoms with Crippen molar-refractivity contribution in [2.75, 3.05) is 26.2 Å². The molecule has 21 heavy (non-hydrogen) atoms. The monoisotopic (exact) mass is 328 g/mol. The van der Waals surface area contributed by atoms with Gasteiger partial charge in [0.2, 0.25) is 5.89 Å². The third-order valence-electron chi connectivity index (χ3n) is 3.74. The van der Waals surface area contributed by atoms with Crippen LogP contribution in [0.3, 0.4) is 0 Å². The van der Waals surface area contributed by atoms with E-state index < -0.39 is 0 Å². The first kappa shape index (κ1) is 14.8. The van der Waals surface area contributed by atoms with Crippen molar-refractivity contribution in [1.82, 2.24) is 29.5 Å². The zero-order valence-corrected chi connectivity index (χ0v) is 13.6. The maximum Gasteiger partial charge on any atom is 0.243 e. The number of aromatic nitrogens is 4. The van der Waals surface area contributed by atoms with Gasteiger partial charge in [0.25, 0.3) is 0 Å². The van der Waals surface area contributed by atoms with E-state index in [1.165, 1.54) is 11.5 Å². The van der Waals surface area contributed by atoms with Gasteiger partial charge in [0, 0.05) is 44.3 Å². The van der Waals surface area contributed by atoms with E-state index in [-0.39, 0.29) is 6.04 Å². The Hall–Kier alpha value is -1.09. The highest BCUT2D eigenvalue weighted by Gasteiger charge is 2.26. The first-order chi connectivity index (χ1) is 10.1. The second-order valence-corrected chi connectivity index (χ2v) is 6.52. The Morgan fingerprint density at radius 3 is 2.67 bits per heavy atom. The fourth-order valence-corrected chi connectivity index (χ4v) is 3.06. The molecule has 0 radical (unpaired) electrons. The average Bonchev–Trinajstić information content (AvgIpc) is 3.08. The largest absolute Gasteiger partial charge is 0.338 e. The number of piperazine rings is 1. The molecule has 3 heterocycles. The minimum atomic E-state index is 0.151. The van der Waals surface area contributed by atoms with Crippen molar-refractivity contribution in [3.05, 3.63) is 21.7 Å². The van der Waals surface area contributed by atoms with Gasteiger partial charge in [0.1, 0.15) is 10.0 Å². The molecule has 9 heteroatoms. The van der Waals surface area contributed by atoms with Crippen molar-refractivity contribution in [2.24, 2.45) is 0 Å². The number of hydrogen-bond donors (Lipinski definition) is 0. The average molecular weight is 329 g/mol. The van der Waals surface area contributed by atoms with Crippen molar-refractivity contribution in [3.8, 4) is 0 Å². The summed E-state index contributed by atoms with van der Waals surface area (Å²) >= 11 is 7.29. The molecule has 0 bridgehead atoms. The number of rotatable bonds is 4. The van der Waals surface area contributed by atoms with Gasteiger partial charge >= 0.3 is 0 Å². The second kappa shape index (κ2) is 6.35. The van der Waals surface area contributed by atoms with Crippen LogP contribution in [0.1, 0.15) is 30.4 Å². The quantitative estimate of drug-likeness (QED) is 0.846. The SMILES string of the molecule is Cc1noc([C@H](C)N2CCN(Cc3nnsc3Cl)CC2)n1. The zero-order chi connectivity index (χ0) is 14.8. The summed E-state index contributed by atoms with van der Waals surface area (Å²) in [5.74, 6) is 1.37. The molecule has 3 rings (SSSR count). The molecule has 0 unspecified atom stereocenters. The molecular formula is C12H17ClN6OS. The minimum absolute atomic E-state index is 0.151. The Labute approximate surface area is 132 Å². The maximum absolute atomic E-state index is 6.05. The summed E-state index contributed by atoms with van der Waals surface area (Å²) in [5.41, 5.74) is 0.871. The van der Waals surface area contributed by atoms with Crippen LogP contribution in [-0.2, 0) is 6.54 Å². The molecule has 2 aromatic heterocycles. The number of aryl methyl sites for hydroxylation is 1. The van der Waals surface area contributed by atoms with Gasteiger partial charge in [-0.3, -0.25) is 9.80 Å². The fraction of sp³-hybridized carbons (Fsp3) is 0.667. The van der Waals surface area contributed by atoms with E-state index >= 15 is 0 Å². The molecule has 0 amide bonds. The molecule has 7 nitrogen and oxygen atoms in total. The normalized spacial score (nSPS) is 19.0. The number of hydrogen-bond acceptors (Lipinski definition) is 8. The molecule has 0 N–H and O–H groups in total. The summed E-state index contributed by atoms with van der Waals surface area (Å²) in [7, 11) is 0. The lowest BCUT2D eigenvalue weighted by molar-refractivity contribution is 0.0839. The van der Waals surface area contributed by atoms with Crippen LogP contribution in [-0.4, -0.2) is 55.7 Å². The van der Waals surface area contributed by atoms with Crippen LogP contribution >= 0.6 is 23.1 Å². The molecule has 1 fully saturated rings. The van der Waals surface area contributed by atoms with Gasteiger partial charge in [-0.05, 0) is 13.8 Å². The summed E-state index contributed by atoms with van der Waals surface area (Å²) in [4.78, 5) is 9.00. The van der Waals surface area contributed by atoms with E-state index in [0.29, 0.717) is 16.1 Å². The van der Waals surface area contributed by atoms with Crippen LogP contribution in [0.4, 0.5) is 0 Å². The molecule has 1 atom stereocenters. The van der Waals surface area contributed by atoms with Gasteiger partial charge < -0.3 is 4.52 Å².